The second-order valence-corrected chi connectivity index (χ2v) is 3.39. The number of carboxylic acids is 1. The minimum absolute atomic E-state index is 0.361. The van der Waals surface area contributed by atoms with Gasteiger partial charge in [0.15, 0.2) is 23.4 Å². The smallest absolute Gasteiger partial charge is 0.328 e. The van der Waals surface area contributed by atoms with Crippen molar-refractivity contribution in [2.45, 2.75) is 6.04 Å². The highest BCUT2D eigenvalue weighted by atomic mass is 19.1. The van der Waals surface area contributed by atoms with E-state index in [1.165, 1.54) is 7.05 Å². The van der Waals surface area contributed by atoms with E-state index in [1.54, 1.807) is 0 Å². The molecule has 0 bridgehead atoms. The molecule has 0 aromatic heterocycles. The van der Waals surface area contributed by atoms with Gasteiger partial charge in [-0.25, -0.2) is 8.78 Å². The molecule has 1 atom stereocenters. The lowest BCUT2D eigenvalue weighted by molar-refractivity contribution is -0.137. The first kappa shape index (κ1) is 14.0. The quantitative estimate of drug-likeness (QED) is 0.605. The molecule has 1 unspecified atom stereocenters. The van der Waals surface area contributed by atoms with Crippen molar-refractivity contribution >= 4 is 11.8 Å². The number of carbonyl (C=O) groups is 2. The molecule has 0 spiro atoms. The molecule has 0 aliphatic carbocycles. The van der Waals surface area contributed by atoms with Crippen molar-refractivity contribution in [3.63, 3.8) is 0 Å². The first-order valence-electron chi connectivity index (χ1n) is 4.89. The topological polar surface area (TPSA) is 75.6 Å². The van der Waals surface area contributed by atoms with Crippen LogP contribution < -0.4 is 10.1 Å². The molecule has 2 N–H and O–H groups in total. The van der Waals surface area contributed by atoms with Gasteiger partial charge in [0.2, 0.25) is 0 Å². The molecule has 0 fully saturated rings. The number of benzene rings is 1. The molecule has 0 saturated heterocycles. The average Bonchev–Trinajstić information content (AvgIpc) is 2.31. The standard InChI is InChI=1S/C11H11F2NO4/c1-14-9(11(16)17)10(15)5-3-7(13)8(18-2)4-6(5)12/h3-4,9,14H,1-2H3,(H,16,17). The summed E-state index contributed by atoms with van der Waals surface area (Å²) in [6, 6.07) is -0.326. The van der Waals surface area contributed by atoms with E-state index in [0.717, 1.165) is 7.11 Å². The average molecular weight is 259 g/mol. The van der Waals surface area contributed by atoms with Crippen molar-refractivity contribution in [2.24, 2.45) is 0 Å². The highest BCUT2D eigenvalue weighted by Crippen LogP contribution is 2.22. The molecule has 7 heteroatoms. The number of ketones is 1. The van der Waals surface area contributed by atoms with Crippen LogP contribution in [0.4, 0.5) is 8.78 Å². The van der Waals surface area contributed by atoms with Crippen LogP contribution in [0.2, 0.25) is 0 Å². The molecular formula is C11H11F2NO4. The molecule has 98 valence electrons. The number of methoxy groups -OCH3 is 1. The van der Waals surface area contributed by atoms with Gasteiger partial charge in [0.05, 0.1) is 12.7 Å². The molecule has 0 radical (unpaired) electrons. The molecule has 0 heterocycles. The zero-order chi connectivity index (χ0) is 13.9. The maximum Gasteiger partial charge on any atom is 0.328 e. The maximum absolute atomic E-state index is 13.5. The lowest BCUT2D eigenvalue weighted by Gasteiger charge is -2.11. The molecule has 1 aromatic rings. The lowest BCUT2D eigenvalue weighted by Crippen LogP contribution is -2.41. The van der Waals surface area contributed by atoms with Crippen LogP contribution in [0.3, 0.4) is 0 Å². The van der Waals surface area contributed by atoms with Gasteiger partial charge in [-0.15, -0.1) is 0 Å². The summed E-state index contributed by atoms with van der Waals surface area (Å²) < 4.78 is 31.4. The van der Waals surface area contributed by atoms with Crippen molar-refractivity contribution in [1.82, 2.24) is 5.32 Å². The zero-order valence-electron chi connectivity index (χ0n) is 9.66. The van der Waals surface area contributed by atoms with Crippen LogP contribution in [0.1, 0.15) is 10.4 Å². The Morgan fingerprint density at radius 2 is 1.94 bits per heavy atom. The van der Waals surface area contributed by atoms with Crippen LogP contribution in [0, 0.1) is 11.6 Å². The Morgan fingerprint density at radius 1 is 1.33 bits per heavy atom. The Kier molecular flexibility index (Phi) is 4.33. The number of likely N-dealkylation sites (N-methyl/N-ethyl adjacent to an activating group) is 1. The first-order chi connectivity index (χ1) is 8.42. The van der Waals surface area contributed by atoms with Crippen LogP contribution in [0.15, 0.2) is 12.1 Å². The number of carbonyl (C=O) groups excluding carboxylic acids is 1. The van der Waals surface area contributed by atoms with Gasteiger partial charge in [-0.2, -0.15) is 0 Å². The van der Waals surface area contributed by atoms with Crippen LogP contribution in [-0.2, 0) is 4.79 Å². The van der Waals surface area contributed by atoms with E-state index in [2.05, 4.69) is 10.1 Å². The summed E-state index contributed by atoms with van der Waals surface area (Å²) in [5.41, 5.74) is -0.643. The van der Waals surface area contributed by atoms with Gasteiger partial charge >= 0.3 is 5.97 Å². The van der Waals surface area contributed by atoms with Crippen molar-refractivity contribution in [2.75, 3.05) is 14.2 Å². The van der Waals surface area contributed by atoms with Gasteiger partial charge in [-0.3, -0.25) is 9.59 Å². The third-order valence-electron chi connectivity index (χ3n) is 2.30. The Hall–Kier alpha value is -2.02. The van der Waals surface area contributed by atoms with Crippen molar-refractivity contribution in [1.29, 1.82) is 0 Å². The normalized spacial score (nSPS) is 12.0. The number of Topliss-reactive ketones (excluding diaryl/α,β-unsaturated/α-hetero) is 1. The van der Waals surface area contributed by atoms with Crippen LogP contribution in [-0.4, -0.2) is 37.1 Å². The van der Waals surface area contributed by atoms with E-state index in [0.29, 0.717) is 12.1 Å². The Labute approximate surface area is 101 Å². The third-order valence-corrected chi connectivity index (χ3v) is 2.30. The van der Waals surface area contributed by atoms with Crippen LogP contribution in [0.5, 0.6) is 5.75 Å². The fraction of sp³-hybridized carbons (Fsp3) is 0.273. The van der Waals surface area contributed by atoms with E-state index in [9.17, 15) is 18.4 Å². The number of aliphatic carboxylic acids is 1. The number of nitrogens with one attached hydrogen (secondary N) is 1. The van der Waals surface area contributed by atoms with E-state index in [1.807, 2.05) is 0 Å². The summed E-state index contributed by atoms with van der Waals surface area (Å²) in [7, 11) is 2.38. The highest BCUT2D eigenvalue weighted by Gasteiger charge is 2.28. The monoisotopic (exact) mass is 259 g/mol. The van der Waals surface area contributed by atoms with Gasteiger partial charge in [0.25, 0.3) is 0 Å². The molecule has 0 aliphatic rings. The van der Waals surface area contributed by atoms with Crippen molar-refractivity contribution in [3.05, 3.63) is 29.3 Å². The SMILES string of the molecule is CNC(C(=O)O)C(=O)c1cc(F)c(OC)cc1F. The highest BCUT2D eigenvalue weighted by molar-refractivity contribution is 6.11. The largest absolute Gasteiger partial charge is 0.494 e. The van der Waals surface area contributed by atoms with Crippen LogP contribution in [0.25, 0.3) is 0 Å². The summed E-state index contributed by atoms with van der Waals surface area (Å²) >= 11 is 0. The number of carboxylic acid groups (broad SMARTS) is 1. The number of rotatable bonds is 5. The molecule has 0 amide bonds. The fourth-order valence-electron chi connectivity index (χ4n) is 1.40. The summed E-state index contributed by atoms with van der Waals surface area (Å²) in [4.78, 5) is 22.4. The molecule has 1 rings (SSSR count). The first-order valence-corrected chi connectivity index (χ1v) is 4.89. The maximum atomic E-state index is 13.5. The Bertz CT molecular complexity index is 490. The third kappa shape index (κ3) is 2.62. The number of ether oxygens (including phenoxy) is 1. The molecular weight excluding hydrogens is 248 g/mol. The minimum atomic E-state index is -1.63. The summed E-state index contributed by atoms with van der Waals surface area (Å²) in [5.74, 6) is -4.88. The van der Waals surface area contributed by atoms with E-state index < -0.39 is 35.0 Å². The molecule has 5 nitrogen and oxygen atoms in total. The van der Waals surface area contributed by atoms with E-state index in [-0.39, 0.29) is 5.75 Å². The number of halogens is 2. The predicted molar refractivity (Wildman–Crippen MR) is 57.7 cm³/mol. The number of hydrogen-bond donors (Lipinski definition) is 2. The summed E-state index contributed by atoms with van der Waals surface area (Å²) in [5, 5.41) is 10.9. The Balaban J connectivity index is 3.21. The predicted octanol–water partition coefficient (Wildman–Crippen LogP) is 0.829. The molecule has 1 aromatic carbocycles. The second kappa shape index (κ2) is 5.54. The summed E-state index contributed by atoms with van der Waals surface area (Å²) in [6.45, 7) is 0. The summed E-state index contributed by atoms with van der Waals surface area (Å²) in [6.07, 6.45) is 0. The van der Waals surface area contributed by atoms with Gasteiger partial charge in [-0.05, 0) is 13.1 Å². The van der Waals surface area contributed by atoms with E-state index in [4.69, 9.17) is 5.11 Å². The zero-order valence-corrected chi connectivity index (χ0v) is 9.66. The molecule has 18 heavy (non-hydrogen) atoms. The van der Waals surface area contributed by atoms with Gasteiger partial charge in [-0.1, -0.05) is 0 Å². The number of hydrogen-bond acceptors (Lipinski definition) is 4. The molecule has 0 saturated carbocycles. The fourth-order valence-corrected chi connectivity index (χ4v) is 1.40. The van der Waals surface area contributed by atoms with Crippen molar-refractivity contribution < 1.29 is 28.2 Å². The van der Waals surface area contributed by atoms with Gasteiger partial charge in [0.1, 0.15) is 5.82 Å². The second-order valence-electron chi connectivity index (χ2n) is 3.39. The van der Waals surface area contributed by atoms with Crippen molar-refractivity contribution in [3.8, 4) is 5.75 Å². The minimum Gasteiger partial charge on any atom is -0.494 e. The van der Waals surface area contributed by atoms with Gasteiger partial charge < -0.3 is 15.2 Å². The Morgan fingerprint density at radius 3 is 2.39 bits per heavy atom. The van der Waals surface area contributed by atoms with Crippen LogP contribution >= 0.6 is 0 Å². The van der Waals surface area contributed by atoms with Gasteiger partial charge in [0, 0.05) is 6.07 Å². The van der Waals surface area contributed by atoms with E-state index >= 15 is 0 Å². The molecule has 0 aliphatic heterocycles. The lowest BCUT2D eigenvalue weighted by atomic mass is 10.0.